The Hall–Kier alpha value is -1.78. The fourth-order valence-electron chi connectivity index (χ4n) is 2.08. The van der Waals surface area contributed by atoms with Crippen LogP contribution in [0.15, 0.2) is 18.2 Å². The number of imide groups is 1. The molecule has 5 heteroatoms. The van der Waals surface area contributed by atoms with Crippen LogP contribution in [0.1, 0.15) is 24.8 Å². The maximum absolute atomic E-state index is 13.6. The molecule has 2 atom stereocenters. The van der Waals surface area contributed by atoms with Gasteiger partial charge in [-0.3, -0.25) is 14.9 Å². The third-order valence-corrected chi connectivity index (χ3v) is 3.06. The summed E-state index contributed by atoms with van der Waals surface area (Å²) >= 11 is 0. The van der Waals surface area contributed by atoms with E-state index in [9.17, 15) is 18.4 Å². The molecule has 2 unspecified atom stereocenters. The van der Waals surface area contributed by atoms with Gasteiger partial charge in [0.1, 0.15) is 11.6 Å². The first kappa shape index (κ1) is 11.7. The summed E-state index contributed by atoms with van der Waals surface area (Å²) in [4.78, 5) is 22.7. The Bertz CT molecular complexity index is 467. The van der Waals surface area contributed by atoms with Gasteiger partial charge in [0.2, 0.25) is 11.8 Å². The van der Waals surface area contributed by atoms with E-state index in [-0.39, 0.29) is 12.0 Å². The number of halogens is 2. The van der Waals surface area contributed by atoms with Gasteiger partial charge in [0.25, 0.3) is 0 Å². The van der Waals surface area contributed by atoms with Crippen LogP contribution in [0.3, 0.4) is 0 Å². The second-order valence-corrected chi connectivity index (χ2v) is 4.15. The maximum Gasteiger partial charge on any atom is 0.230 e. The van der Waals surface area contributed by atoms with Crippen molar-refractivity contribution < 1.29 is 18.4 Å². The Kier molecular flexibility index (Phi) is 2.92. The van der Waals surface area contributed by atoms with Crippen LogP contribution in [0.25, 0.3) is 0 Å². The highest BCUT2D eigenvalue weighted by Crippen LogP contribution is 2.34. The first-order valence-corrected chi connectivity index (χ1v) is 5.28. The lowest BCUT2D eigenvalue weighted by Gasteiger charge is -2.28. The van der Waals surface area contributed by atoms with Gasteiger partial charge in [0.15, 0.2) is 0 Å². The summed E-state index contributed by atoms with van der Waals surface area (Å²) in [6, 6.07) is 3.51. The molecule has 1 aromatic carbocycles. The topological polar surface area (TPSA) is 46.2 Å². The van der Waals surface area contributed by atoms with Gasteiger partial charge in [-0.15, -0.1) is 0 Å². The highest BCUT2D eigenvalue weighted by atomic mass is 19.1. The lowest BCUT2D eigenvalue weighted by Crippen LogP contribution is -2.44. The third-order valence-electron chi connectivity index (χ3n) is 3.06. The highest BCUT2D eigenvalue weighted by Gasteiger charge is 2.36. The Morgan fingerprint density at radius 1 is 1.24 bits per heavy atom. The molecule has 1 aliphatic rings. The van der Waals surface area contributed by atoms with Crippen molar-refractivity contribution in [1.82, 2.24) is 5.32 Å². The number of carbonyl (C=O) groups excluding carboxylic acids is 2. The second-order valence-electron chi connectivity index (χ2n) is 4.15. The molecule has 1 heterocycles. The van der Waals surface area contributed by atoms with Crippen molar-refractivity contribution in [3.63, 3.8) is 0 Å². The molecule has 3 nitrogen and oxygen atoms in total. The molecule has 1 aliphatic heterocycles. The molecule has 0 saturated carbocycles. The van der Waals surface area contributed by atoms with Crippen LogP contribution in [0.4, 0.5) is 8.78 Å². The van der Waals surface area contributed by atoms with Gasteiger partial charge < -0.3 is 0 Å². The number of benzene rings is 1. The monoisotopic (exact) mass is 239 g/mol. The molecule has 1 aromatic rings. The minimum absolute atomic E-state index is 0.0786. The minimum atomic E-state index is -0.738. The van der Waals surface area contributed by atoms with Gasteiger partial charge in [-0.05, 0) is 12.1 Å². The predicted octanol–water partition coefficient (Wildman–Crippen LogP) is 1.73. The average molecular weight is 239 g/mol. The van der Waals surface area contributed by atoms with Gasteiger partial charge >= 0.3 is 0 Å². The molecule has 1 saturated heterocycles. The van der Waals surface area contributed by atoms with E-state index in [1.54, 1.807) is 6.92 Å². The summed E-state index contributed by atoms with van der Waals surface area (Å²) in [5.74, 6) is -3.79. The lowest BCUT2D eigenvalue weighted by atomic mass is 9.81. The molecule has 17 heavy (non-hydrogen) atoms. The van der Waals surface area contributed by atoms with Crippen molar-refractivity contribution in [2.75, 3.05) is 0 Å². The van der Waals surface area contributed by atoms with Crippen LogP contribution < -0.4 is 5.32 Å². The van der Waals surface area contributed by atoms with Crippen molar-refractivity contribution in [3.05, 3.63) is 35.4 Å². The number of carbonyl (C=O) groups is 2. The number of hydrogen-bond acceptors (Lipinski definition) is 2. The van der Waals surface area contributed by atoms with E-state index in [0.717, 1.165) is 12.1 Å². The predicted molar refractivity (Wildman–Crippen MR) is 56.0 cm³/mol. The fourth-order valence-corrected chi connectivity index (χ4v) is 2.08. The Morgan fingerprint density at radius 3 is 2.41 bits per heavy atom. The highest BCUT2D eigenvalue weighted by molar-refractivity contribution is 5.99. The van der Waals surface area contributed by atoms with E-state index in [4.69, 9.17) is 0 Å². The molecular weight excluding hydrogens is 228 g/mol. The second kappa shape index (κ2) is 4.24. The van der Waals surface area contributed by atoms with Crippen molar-refractivity contribution >= 4 is 11.8 Å². The molecule has 90 valence electrons. The molecule has 0 aliphatic carbocycles. The van der Waals surface area contributed by atoms with E-state index in [0.29, 0.717) is 0 Å². The molecule has 0 spiro atoms. The van der Waals surface area contributed by atoms with Gasteiger partial charge in [-0.25, -0.2) is 8.78 Å². The smallest absolute Gasteiger partial charge is 0.230 e. The lowest BCUT2D eigenvalue weighted by molar-refractivity contribution is -0.136. The standard InChI is InChI=1S/C12H11F2NO2/c1-6-7(5-10(16)15-12(6)17)11-8(13)3-2-4-9(11)14/h2-4,6-7H,5H2,1H3,(H,15,16,17). The van der Waals surface area contributed by atoms with E-state index < -0.39 is 35.3 Å². The fraction of sp³-hybridized carbons (Fsp3) is 0.333. The zero-order chi connectivity index (χ0) is 12.6. The zero-order valence-corrected chi connectivity index (χ0v) is 9.17. The van der Waals surface area contributed by atoms with Crippen LogP contribution in [0.5, 0.6) is 0 Å². The SMILES string of the molecule is CC1C(=O)NC(=O)CC1c1c(F)cccc1F. The molecule has 0 aromatic heterocycles. The first-order valence-electron chi connectivity index (χ1n) is 5.28. The van der Waals surface area contributed by atoms with E-state index in [1.807, 2.05) is 0 Å². The Morgan fingerprint density at radius 2 is 1.82 bits per heavy atom. The summed E-state index contributed by atoms with van der Waals surface area (Å²) in [6.07, 6.45) is -0.0786. The molecule has 0 bridgehead atoms. The van der Waals surface area contributed by atoms with E-state index in [1.165, 1.54) is 6.07 Å². The number of piperidine rings is 1. The Labute approximate surface area is 96.8 Å². The van der Waals surface area contributed by atoms with Crippen LogP contribution >= 0.6 is 0 Å². The number of rotatable bonds is 1. The van der Waals surface area contributed by atoms with E-state index >= 15 is 0 Å². The van der Waals surface area contributed by atoms with Crippen LogP contribution in [0.2, 0.25) is 0 Å². The van der Waals surface area contributed by atoms with Crippen molar-refractivity contribution in [1.29, 1.82) is 0 Å². The molecule has 2 amide bonds. The normalized spacial score (nSPS) is 24.6. The van der Waals surface area contributed by atoms with Crippen LogP contribution in [-0.2, 0) is 9.59 Å². The minimum Gasteiger partial charge on any atom is -0.296 e. The summed E-state index contributed by atoms with van der Waals surface area (Å²) in [5, 5.41) is 2.14. The molecule has 1 fully saturated rings. The Balaban J connectivity index is 2.44. The quantitative estimate of drug-likeness (QED) is 0.758. The van der Waals surface area contributed by atoms with Gasteiger partial charge in [-0.1, -0.05) is 13.0 Å². The van der Waals surface area contributed by atoms with Gasteiger partial charge in [0.05, 0.1) is 0 Å². The van der Waals surface area contributed by atoms with Crippen molar-refractivity contribution in [2.45, 2.75) is 19.3 Å². The largest absolute Gasteiger partial charge is 0.296 e. The third kappa shape index (κ3) is 2.05. The molecule has 0 radical (unpaired) electrons. The van der Waals surface area contributed by atoms with Gasteiger partial charge in [0, 0.05) is 23.8 Å². The van der Waals surface area contributed by atoms with E-state index in [2.05, 4.69) is 5.32 Å². The number of nitrogens with one attached hydrogen (secondary N) is 1. The summed E-state index contributed by atoms with van der Waals surface area (Å²) < 4.78 is 27.2. The molecular formula is C12H11F2NO2. The number of amides is 2. The summed E-state index contributed by atoms with van der Waals surface area (Å²) in [7, 11) is 0. The van der Waals surface area contributed by atoms with Crippen LogP contribution in [0, 0.1) is 17.6 Å². The summed E-state index contributed by atoms with van der Waals surface area (Å²) in [5.41, 5.74) is -0.178. The molecule has 1 N–H and O–H groups in total. The first-order chi connectivity index (χ1) is 8.00. The summed E-state index contributed by atoms with van der Waals surface area (Å²) in [6.45, 7) is 1.55. The maximum atomic E-state index is 13.6. The van der Waals surface area contributed by atoms with Crippen molar-refractivity contribution in [2.24, 2.45) is 5.92 Å². The number of hydrogen-bond donors (Lipinski definition) is 1. The molecule has 2 rings (SSSR count). The van der Waals surface area contributed by atoms with Crippen molar-refractivity contribution in [3.8, 4) is 0 Å². The van der Waals surface area contributed by atoms with Crippen LogP contribution in [-0.4, -0.2) is 11.8 Å². The average Bonchev–Trinajstić information content (AvgIpc) is 2.24. The van der Waals surface area contributed by atoms with Gasteiger partial charge in [-0.2, -0.15) is 0 Å². The zero-order valence-electron chi connectivity index (χ0n) is 9.17.